The third-order valence-corrected chi connectivity index (χ3v) is 5.05. The highest BCUT2D eigenvalue weighted by atomic mass is 19.1. The molecule has 0 aliphatic heterocycles. The number of ether oxygens (including phenoxy) is 2. The number of nitrogens with zero attached hydrogens (tertiary/aromatic N) is 4. The average Bonchev–Trinajstić information content (AvgIpc) is 3.28. The van der Waals surface area contributed by atoms with Crippen LogP contribution in [0.25, 0.3) is 33.5 Å². The molecule has 0 unspecified atom stereocenters. The molecular weight excluding hydrogens is 415 g/mol. The third-order valence-electron chi connectivity index (χ3n) is 5.05. The molecule has 0 saturated carbocycles. The predicted octanol–water partition coefficient (Wildman–Crippen LogP) is 3.80. The Morgan fingerprint density at radius 1 is 1.34 bits per heavy atom. The van der Waals surface area contributed by atoms with Crippen molar-refractivity contribution >= 4 is 28.2 Å². The van der Waals surface area contributed by atoms with Crippen molar-refractivity contribution in [3.8, 4) is 17.1 Å². The van der Waals surface area contributed by atoms with Crippen molar-refractivity contribution in [3.63, 3.8) is 0 Å². The maximum Gasteiger partial charge on any atom is 0.413 e. The minimum Gasteiger partial charge on any atom is -0.406 e. The number of hydrogen-bond donors (Lipinski definition) is 2. The van der Waals surface area contributed by atoms with Crippen LogP contribution in [0.4, 0.5) is 9.18 Å². The number of fused-ring (bicyclic) bond motifs is 2. The van der Waals surface area contributed by atoms with Crippen molar-refractivity contribution in [1.29, 1.82) is 0 Å². The third kappa shape index (κ3) is 4.40. The predicted molar refractivity (Wildman–Crippen MR) is 118 cm³/mol. The molecule has 0 aliphatic rings. The van der Waals surface area contributed by atoms with Gasteiger partial charge in [0.15, 0.2) is 16.9 Å². The number of carbonyl (C=O) groups is 1. The lowest BCUT2D eigenvalue weighted by molar-refractivity contribution is 0.146. The number of hydrogen-bond acceptors (Lipinski definition) is 6. The summed E-state index contributed by atoms with van der Waals surface area (Å²) < 4.78 is 25.9. The number of benzene rings is 1. The number of carbonyl (C=O) groups excluding carboxylic acids is 1. The van der Waals surface area contributed by atoms with Gasteiger partial charge in [-0.15, -0.1) is 0 Å². The number of rotatable bonds is 7. The molecule has 168 valence electrons. The van der Waals surface area contributed by atoms with E-state index in [1.54, 1.807) is 31.1 Å². The second kappa shape index (κ2) is 8.91. The lowest BCUT2D eigenvalue weighted by Gasteiger charge is -2.19. The number of nitrogens with one attached hydrogen (secondary N) is 2. The minimum absolute atomic E-state index is 0.167. The summed E-state index contributed by atoms with van der Waals surface area (Å²) in [6.45, 7) is 4.53. The van der Waals surface area contributed by atoms with Crippen molar-refractivity contribution in [2.75, 3.05) is 13.7 Å². The van der Waals surface area contributed by atoms with Crippen LogP contribution < -0.4 is 10.1 Å². The first-order chi connectivity index (χ1) is 15.4. The Hall–Kier alpha value is -3.53. The van der Waals surface area contributed by atoms with Gasteiger partial charge in [-0.1, -0.05) is 13.8 Å². The number of methoxy groups -OCH3 is 1. The van der Waals surface area contributed by atoms with Gasteiger partial charge >= 0.3 is 6.09 Å². The van der Waals surface area contributed by atoms with Gasteiger partial charge in [0, 0.05) is 25.7 Å². The first kappa shape index (κ1) is 21.7. The number of aromatic nitrogens is 5. The van der Waals surface area contributed by atoms with Gasteiger partial charge in [0.25, 0.3) is 0 Å². The second-order valence-electron chi connectivity index (χ2n) is 8.05. The fourth-order valence-electron chi connectivity index (χ4n) is 3.72. The summed E-state index contributed by atoms with van der Waals surface area (Å²) in [6.07, 6.45) is 3.27. The molecule has 1 atom stereocenters. The monoisotopic (exact) mass is 440 g/mol. The molecular formula is C22H25FN6O3. The van der Waals surface area contributed by atoms with Crippen LogP contribution in [-0.4, -0.2) is 50.6 Å². The molecule has 0 spiro atoms. The Bertz CT molecular complexity index is 1270. The normalized spacial score (nSPS) is 12.6. The van der Waals surface area contributed by atoms with E-state index in [2.05, 4.69) is 39.2 Å². The lowest BCUT2D eigenvalue weighted by Crippen LogP contribution is -2.40. The first-order valence-electron chi connectivity index (χ1n) is 10.3. The van der Waals surface area contributed by atoms with Gasteiger partial charge in [-0.3, -0.25) is 4.68 Å². The SMILES string of the molecule is COC[C@H](CC(C)C)NC(=O)Oc1c[nH]c2ncc(-c3nn(C)c4cc(F)ccc34)nc12. The van der Waals surface area contributed by atoms with Crippen LogP contribution in [0.5, 0.6) is 5.75 Å². The number of aryl methyl sites for hydroxylation is 1. The molecule has 32 heavy (non-hydrogen) atoms. The summed E-state index contributed by atoms with van der Waals surface area (Å²) in [5.74, 6) is 0.294. The molecule has 4 rings (SSSR count). The van der Waals surface area contributed by atoms with Gasteiger partial charge in [-0.2, -0.15) is 5.10 Å². The summed E-state index contributed by atoms with van der Waals surface area (Å²) in [7, 11) is 3.33. The molecule has 1 amide bonds. The fraction of sp³-hybridized carbons (Fsp3) is 0.364. The smallest absolute Gasteiger partial charge is 0.406 e. The summed E-state index contributed by atoms with van der Waals surface area (Å²) in [6, 6.07) is 4.29. The highest BCUT2D eigenvalue weighted by molar-refractivity contribution is 5.93. The summed E-state index contributed by atoms with van der Waals surface area (Å²) in [5, 5.41) is 8.05. The Labute approximate surface area is 183 Å². The standard InChI is InChI=1S/C22H25FN6O3/c1-12(2)7-14(11-31-4)26-22(30)32-18-10-25-21-20(18)27-16(9-24-21)19-15-6-5-13(23)8-17(15)29(3)28-19/h5-6,8-10,12,14H,7,11H2,1-4H3,(H,24,25)(H,26,30)/t14-/m0/s1. The molecule has 0 saturated heterocycles. The quantitative estimate of drug-likeness (QED) is 0.453. The van der Waals surface area contributed by atoms with Crippen molar-refractivity contribution in [1.82, 2.24) is 30.0 Å². The van der Waals surface area contributed by atoms with Crippen molar-refractivity contribution < 1.29 is 18.7 Å². The van der Waals surface area contributed by atoms with E-state index in [-0.39, 0.29) is 17.6 Å². The zero-order chi connectivity index (χ0) is 22.8. The first-order valence-corrected chi connectivity index (χ1v) is 10.3. The number of H-pyrrole nitrogens is 1. The van der Waals surface area contributed by atoms with Crippen molar-refractivity contribution in [2.24, 2.45) is 13.0 Å². The largest absolute Gasteiger partial charge is 0.413 e. The van der Waals surface area contributed by atoms with E-state index in [0.29, 0.717) is 40.6 Å². The van der Waals surface area contributed by atoms with Gasteiger partial charge < -0.3 is 19.8 Å². The Morgan fingerprint density at radius 3 is 2.91 bits per heavy atom. The van der Waals surface area contributed by atoms with E-state index in [1.807, 2.05) is 0 Å². The van der Waals surface area contributed by atoms with Gasteiger partial charge in [-0.25, -0.2) is 19.2 Å². The van der Waals surface area contributed by atoms with E-state index < -0.39 is 6.09 Å². The molecule has 4 aromatic rings. The molecule has 10 heteroatoms. The second-order valence-corrected chi connectivity index (χ2v) is 8.05. The van der Waals surface area contributed by atoms with Crippen LogP contribution in [-0.2, 0) is 11.8 Å². The Kier molecular flexibility index (Phi) is 6.04. The molecule has 0 bridgehead atoms. The van der Waals surface area contributed by atoms with Crippen LogP contribution in [0.1, 0.15) is 20.3 Å². The number of halogens is 1. The zero-order valence-electron chi connectivity index (χ0n) is 18.3. The van der Waals surface area contributed by atoms with E-state index in [9.17, 15) is 9.18 Å². The van der Waals surface area contributed by atoms with Crippen LogP contribution >= 0.6 is 0 Å². The van der Waals surface area contributed by atoms with Crippen molar-refractivity contribution in [3.05, 3.63) is 36.4 Å². The van der Waals surface area contributed by atoms with Gasteiger partial charge in [-0.05, 0) is 30.5 Å². The molecule has 9 nitrogen and oxygen atoms in total. The fourth-order valence-corrected chi connectivity index (χ4v) is 3.72. The highest BCUT2D eigenvalue weighted by Crippen LogP contribution is 2.29. The average molecular weight is 440 g/mol. The molecule has 0 radical (unpaired) electrons. The Balaban J connectivity index is 1.62. The Morgan fingerprint density at radius 2 is 2.16 bits per heavy atom. The minimum atomic E-state index is -0.598. The molecule has 3 aromatic heterocycles. The van der Waals surface area contributed by atoms with E-state index in [4.69, 9.17) is 9.47 Å². The molecule has 2 N–H and O–H groups in total. The summed E-state index contributed by atoms with van der Waals surface area (Å²) >= 11 is 0. The molecule has 3 heterocycles. The van der Waals surface area contributed by atoms with E-state index >= 15 is 0 Å². The van der Waals surface area contributed by atoms with Crippen LogP contribution in [0.15, 0.2) is 30.6 Å². The van der Waals surface area contributed by atoms with Crippen LogP contribution in [0.3, 0.4) is 0 Å². The van der Waals surface area contributed by atoms with Gasteiger partial charge in [0.05, 0.1) is 24.4 Å². The topological polar surface area (TPSA) is 107 Å². The maximum atomic E-state index is 13.6. The summed E-state index contributed by atoms with van der Waals surface area (Å²) in [4.78, 5) is 24.4. The number of amides is 1. The summed E-state index contributed by atoms with van der Waals surface area (Å²) in [5.41, 5.74) is 2.55. The highest BCUT2D eigenvalue weighted by Gasteiger charge is 2.19. The van der Waals surface area contributed by atoms with Gasteiger partial charge in [0.2, 0.25) is 0 Å². The number of aromatic amines is 1. The van der Waals surface area contributed by atoms with Gasteiger partial charge in [0.1, 0.15) is 17.2 Å². The molecule has 0 aliphatic carbocycles. The zero-order valence-corrected chi connectivity index (χ0v) is 18.3. The van der Waals surface area contributed by atoms with Crippen LogP contribution in [0.2, 0.25) is 0 Å². The van der Waals surface area contributed by atoms with E-state index in [0.717, 1.165) is 11.8 Å². The molecule has 1 aromatic carbocycles. The van der Waals surface area contributed by atoms with Crippen molar-refractivity contribution in [2.45, 2.75) is 26.3 Å². The van der Waals surface area contributed by atoms with E-state index in [1.165, 1.54) is 18.3 Å². The maximum absolute atomic E-state index is 13.6. The molecule has 0 fully saturated rings. The van der Waals surface area contributed by atoms with Crippen LogP contribution in [0, 0.1) is 11.7 Å². The lowest BCUT2D eigenvalue weighted by atomic mass is 10.0.